The van der Waals surface area contributed by atoms with Crippen molar-refractivity contribution >= 4 is 17.5 Å². The lowest BCUT2D eigenvalue weighted by molar-refractivity contribution is 0.0858. The highest BCUT2D eigenvalue weighted by atomic mass is 35.5. The third-order valence-corrected chi connectivity index (χ3v) is 3.70. The maximum absolute atomic E-state index is 12.2. The van der Waals surface area contributed by atoms with E-state index < -0.39 is 6.10 Å². The van der Waals surface area contributed by atoms with Crippen molar-refractivity contribution in [2.75, 3.05) is 0 Å². The minimum Gasteiger partial charge on any atom is -0.390 e. The number of aromatic nitrogens is 1. The molecule has 1 aliphatic carbocycles. The van der Waals surface area contributed by atoms with Crippen molar-refractivity contribution in [1.29, 1.82) is 0 Å². The Bertz CT molecular complexity index is 643. The smallest absolute Gasteiger partial charge is 0.253 e. The summed E-state index contributed by atoms with van der Waals surface area (Å²) in [6.45, 7) is 0. The average molecular weight is 289 g/mol. The van der Waals surface area contributed by atoms with Gasteiger partial charge in [0, 0.05) is 12.6 Å². The average Bonchev–Trinajstić information content (AvgIpc) is 2.76. The first kappa shape index (κ1) is 13.1. The topological polar surface area (TPSA) is 62.2 Å². The molecule has 0 radical (unpaired) electrons. The van der Waals surface area contributed by atoms with Crippen molar-refractivity contribution in [3.63, 3.8) is 0 Å². The molecule has 102 valence electrons. The number of aliphatic hydroxyl groups excluding tert-OH is 1. The second kappa shape index (κ2) is 5.23. The summed E-state index contributed by atoms with van der Waals surface area (Å²) < 4.78 is 0. The van der Waals surface area contributed by atoms with E-state index in [1.165, 1.54) is 6.20 Å². The van der Waals surface area contributed by atoms with Gasteiger partial charge < -0.3 is 10.4 Å². The van der Waals surface area contributed by atoms with Gasteiger partial charge in [0.1, 0.15) is 5.15 Å². The lowest BCUT2D eigenvalue weighted by atomic mass is 10.1. The number of hydrogen-bond acceptors (Lipinski definition) is 3. The number of fused-ring (bicyclic) bond motifs is 1. The van der Waals surface area contributed by atoms with E-state index in [1.54, 1.807) is 12.1 Å². The van der Waals surface area contributed by atoms with Crippen molar-refractivity contribution in [3.05, 3.63) is 64.4 Å². The third-order valence-electron chi connectivity index (χ3n) is 3.48. The van der Waals surface area contributed by atoms with Gasteiger partial charge in [-0.1, -0.05) is 35.9 Å². The van der Waals surface area contributed by atoms with E-state index in [2.05, 4.69) is 10.3 Å². The predicted molar refractivity (Wildman–Crippen MR) is 75.6 cm³/mol. The molecular weight excluding hydrogens is 276 g/mol. The quantitative estimate of drug-likeness (QED) is 0.832. The number of halogens is 1. The predicted octanol–water partition coefficient (Wildman–Crippen LogP) is 2.12. The van der Waals surface area contributed by atoms with Crippen LogP contribution >= 0.6 is 11.6 Å². The Labute approximate surface area is 121 Å². The van der Waals surface area contributed by atoms with Crippen LogP contribution in [0.15, 0.2) is 42.6 Å². The normalized spacial score (nSPS) is 20.5. The molecular formula is C15H13ClN2O2. The van der Waals surface area contributed by atoms with Gasteiger partial charge in [0.25, 0.3) is 5.91 Å². The van der Waals surface area contributed by atoms with E-state index in [-0.39, 0.29) is 11.9 Å². The first-order valence-corrected chi connectivity index (χ1v) is 6.71. The monoisotopic (exact) mass is 288 g/mol. The largest absolute Gasteiger partial charge is 0.390 e. The van der Waals surface area contributed by atoms with Gasteiger partial charge in [-0.15, -0.1) is 0 Å². The van der Waals surface area contributed by atoms with E-state index in [4.69, 9.17) is 11.6 Å². The van der Waals surface area contributed by atoms with Crippen LogP contribution < -0.4 is 5.32 Å². The molecule has 0 bridgehead atoms. The lowest BCUT2D eigenvalue weighted by Crippen LogP contribution is -2.33. The molecule has 1 heterocycles. The molecule has 5 heteroatoms. The van der Waals surface area contributed by atoms with E-state index in [0.29, 0.717) is 17.1 Å². The van der Waals surface area contributed by atoms with Gasteiger partial charge in [0.15, 0.2) is 0 Å². The number of aliphatic hydroxyl groups is 1. The molecule has 0 fully saturated rings. The molecule has 0 saturated heterocycles. The molecule has 1 aromatic carbocycles. The minimum absolute atomic E-state index is 0.269. The molecule has 0 saturated carbocycles. The molecule has 20 heavy (non-hydrogen) atoms. The number of rotatable bonds is 2. The summed E-state index contributed by atoms with van der Waals surface area (Å²) in [5.41, 5.74) is 2.46. The van der Waals surface area contributed by atoms with Crippen molar-refractivity contribution in [3.8, 4) is 0 Å². The zero-order valence-electron chi connectivity index (χ0n) is 10.6. The summed E-state index contributed by atoms with van der Waals surface area (Å²) >= 11 is 5.69. The van der Waals surface area contributed by atoms with Crippen LogP contribution in [-0.2, 0) is 6.42 Å². The van der Waals surface area contributed by atoms with Crippen molar-refractivity contribution < 1.29 is 9.90 Å². The Kier molecular flexibility index (Phi) is 3.42. The third kappa shape index (κ3) is 2.40. The molecule has 2 unspecified atom stereocenters. The summed E-state index contributed by atoms with van der Waals surface area (Å²) in [6, 6.07) is 10.5. The molecule has 2 atom stereocenters. The molecule has 1 aromatic heterocycles. The molecule has 3 rings (SSSR count). The number of pyridine rings is 1. The fourth-order valence-corrected chi connectivity index (χ4v) is 2.59. The molecule has 2 aromatic rings. The fourth-order valence-electron chi connectivity index (χ4n) is 2.48. The van der Waals surface area contributed by atoms with E-state index in [0.717, 1.165) is 11.1 Å². The maximum Gasteiger partial charge on any atom is 0.253 e. The molecule has 2 N–H and O–H groups in total. The Balaban J connectivity index is 1.81. The van der Waals surface area contributed by atoms with Crippen LogP contribution in [0.4, 0.5) is 0 Å². The van der Waals surface area contributed by atoms with Crippen molar-refractivity contribution in [2.45, 2.75) is 18.6 Å². The SMILES string of the molecule is O=C(NC1c2ccccc2CC1O)c1ccc(Cl)nc1. The second-order valence-electron chi connectivity index (χ2n) is 4.79. The van der Waals surface area contributed by atoms with E-state index >= 15 is 0 Å². The van der Waals surface area contributed by atoms with Crippen molar-refractivity contribution in [1.82, 2.24) is 10.3 Å². The fraction of sp³-hybridized carbons (Fsp3) is 0.200. The first-order chi connectivity index (χ1) is 9.65. The van der Waals surface area contributed by atoms with Crippen LogP contribution in [0.25, 0.3) is 0 Å². The van der Waals surface area contributed by atoms with E-state index in [9.17, 15) is 9.90 Å². The summed E-state index contributed by atoms with van der Waals surface area (Å²) in [5, 5.41) is 13.3. The highest BCUT2D eigenvalue weighted by Crippen LogP contribution is 2.31. The highest BCUT2D eigenvalue weighted by Gasteiger charge is 2.31. The lowest BCUT2D eigenvalue weighted by Gasteiger charge is -2.17. The summed E-state index contributed by atoms with van der Waals surface area (Å²) in [4.78, 5) is 16.0. The molecule has 0 spiro atoms. The number of hydrogen-bond donors (Lipinski definition) is 2. The first-order valence-electron chi connectivity index (χ1n) is 6.33. The number of carbonyl (C=O) groups excluding carboxylic acids is 1. The number of carbonyl (C=O) groups is 1. The van der Waals surface area contributed by atoms with Gasteiger partial charge in [0.05, 0.1) is 17.7 Å². The highest BCUT2D eigenvalue weighted by molar-refractivity contribution is 6.29. The van der Waals surface area contributed by atoms with Gasteiger partial charge in [0.2, 0.25) is 0 Å². The Morgan fingerprint density at radius 1 is 1.30 bits per heavy atom. The molecule has 1 amide bonds. The van der Waals surface area contributed by atoms with Crippen LogP contribution in [0.5, 0.6) is 0 Å². The van der Waals surface area contributed by atoms with E-state index in [1.807, 2.05) is 24.3 Å². The van der Waals surface area contributed by atoms with Gasteiger partial charge in [-0.05, 0) is 23.3 Å². The van der Waals surface area contributed by atoms with Crippen LogP contribution in [0.1, 0.15) is 27.5 Å². The second-order valence-corrected chi connectivity index (χ2v) is 5.18. The molecule has 0 aliphatic heterocycles. The van der Waals surface area contributed by atoms with Gasteiger partial charge in [-0.2, -0.15) is 0 Å². The maximum atomic E-state index is 12.2. The van der Waals surface area contributed by atoms with Gasteiger partial charge in [-0.25, -0.2) is 4.98 Å². The summed E-state index contributed by atoms with van der Waals surface area (Å²) in [7, 11) is 0. The molecule has 4 nitrogen and oxygen atoms in total. The molecule has 1 aliphatic rings. The van der Waals surface area contributed by atoms with Crippen LogP contribution in [0.2, 0.25) is 5.15 Å². The summed E-state index contributed by atoms with van der Waals surface area (Å²) in [5.74, 6) is -0.269. The number of nitrogens with one attached hydrogen (secondary N) is 1. The van der Waals surface area contributed by atoms with Crippen molar-refractivity contribution in [2.24, 2.45) is 0 Å². The zero-order chi connectivity index (χ0) is 14.1. The van der Waals surface area contributed by atoms with Gasteiger partial charge in [-0.3, -0.25) is 4.79 Å². The Morgan fingerprint density at radius 2 is 2.10 bits per heavy atom. The number of benzene rings is 1. The number of amides is 1. The van der Waals surface area contributed by atoms with Crippen LogP contribution in [-0.4, -0.2) is 22.1 Å². The summed E-state index contributed by atoms with van der Waals surface area (Å²) in [6.07, 6.45) is 1.38. The standard InChI is InChI=1S/C15H13ClN2O2/c16-13-6-5-10(8-17-13)15(20)18-14-11-4-2-1-3-9(11)7-12(14)19/h1-6,8,12,14,19H,7H2,(H,18,20). The Hall–Kier alpha value is -1.91. The van der Waals surface area contributed by atoms with Crippen LogP contribution in [0, 0.1) is 0 Å². The van der Waals surface area contributed by atoms with Gasteiger partial charge >= 0.3 is 0 Å². The Morgan fingerprint density at radius 3 is 2.85 bits per heavy atom. The van der Waals surface area contributed by atoms with Crippen LogP contribution in [0.3, 0.4) is 0 Å². The zero-order valence-corrected chi connectivity index (χ0v) is 11.3. The minimum atomic E-state index is -0.600. The number of nitrogens with zero attached hydrogens (tertiary/aromatic N) is 1.